The van der Waals surface area contributed by atoms with Crippen molar-refractivity contribution in [1.82, 2.24) is 14.8 Å². The van der Waals surface area contributed by atoms with Crippen molar-refractivity contribution in [3.05, 3.63) is 42.0 Å². The summed E-state index contributed by atoms with van der Waals surface area (Å²) in [6.45, 7) is 0. The van der Waals surface area contributed by atoms with E-state index in [1.807, 2.05) is 6.07 Å². The Morgan fingerprint density at radius 1 is 1.50 bits per heavy atom. The lowest BCUT2D eigenvalue weighted by Gasteiger charge is -1.99. The van der Waals surface area contributed by atoms with E-state index in [9.17, 15) is 4.79 Å². The van der Waals surface area contributed by atoms with Crippen molar-refractivity contribution in [1.29, 1.82) is 5.26 Å². The zero-order chi connectivity index (χ0) is 11.5. The zero-order valence-corrected chi connectivity index (χ0v) is 8.16. The number of nitrogens with two attached hydrogens (primary N) is 1. The Morgan fingerprint density at radius 3 is 2.94 bits per heavy atom. The lowest BCUT2D eigenvalue weighted by Crippen LogP contribution is -2.12. The molecule has 2 aromatic heterocycles. The van der Waals surface area contributed by atoms with Crippen LogP contribution in [0.25, 0.3) is 5.69 Å². The summed E-state index contributed by atoms with van der Waals surface area (Å²) in [5.41, 5.74) is 6.20. The van der Waals surface area contributed by atoms with Crippen molar-refractivity contribution < 1.29 is 4.79 Å². The molecule has 6 nitrogen and oxygen atoms in total. The van der Waals surface area contributed by atoms with Gasteiger partial charge in [0.25, 0.3) is 5.91 Å². The topological polar surface area (TPSA) is 97.6 Å². The third-order valence-corrected chi connectivity index (χ3v) is 1.96. The van der Waals surface area contributed by atoms with Gasteiger partial charge in [-0.05, 0) is 12.1 Å². The molecule has 2 heterocycles. The molecule has 0 fully saturated rings. The molecule has 6 heteroatoms. The highest BCUT2D eigenvalue weighted by molar-refractivity contribution is 5.90. The zero-order valence-electron chi connectivity index (χ0n) is 8.16. The summed E-state index contributed by atoms with van der Waals surface area (Å²) in [5, 5.41) is 12.6. The Morgan fingerprint density at radius 2 is 2.31 bits per heavy atom. The van der Waals surface area contributed by atoms with Gasteiger partial charge in [0.15, 0.2) is 0 Å². The number of nitrogens with zero attached hydrogens (tertiary/aromatic N) is 4. The first-order valence-electron chi connectivity index (χ1n) is 4.42. The Labute approximate surface area is 90.9 Å². The molecule has 0 unspecified atom stereocenters. The number of amides is 1. The van der Waals surface area contributed by atoms with Gasteiger partial charge in [0.2, 0.25) is 0 Å². The minimum atomic E-state index is -0.590. The Bertz CT molecular complexity index is 581. The lowest BCUT2D eigenvalue weighted by atomic mass is 10.3. The molecule has 0 bridgehead atoms. The SMILES string of the molecule is N#Cc1cc(-n2ccc(C(N)=O)n2)ccn1. The van der Waals surface area contributed by atoms with Gasteiger partial charge in [0.05, 0.1) is 5.69 Å². The number of aromatic nitrogens is 3. The van der Waals surface area contributed by atoms with E-state index in [0.717, 1.165) is 0 Å². The molecule has 0 saturated carbocycles. The second kappa shape index (κ2) is 3.82. The van der Waals surface area contributed by atoms with Gasteiger partial charge in [-0.1, -0.05) is 0 Å². The van der Waals surface area contributed by atoms with Crippen molar-refractivity contribution >= 4 is 5.91 Å². The van der Waals surface area contributed by atoms with Crippen LogP contribution in [0.15, 0.2) is 30.6 Å². The van der Waals surface area contributed by atoms with Crippen LogP contribution in [0.5, 0.6) is 0 Å². The molecular formula is C10H7N5O. The fourth-order valence-electron chi connectivity index (χ4n) is 1.22. The number of primary amides is 1. The number of carbonyl (C=O) groups is 1. The van der Waals surface area contributed by atoms with Crippen LogP contribution < -0.4 is 5.73 Å². The highest BCUT2D eigenvalue weighted by atomic mass is 16.1. The largest absolute Gasteiger partial charge is 0.364 e. The van der Waals surface area contributed by atoms with Gasteiger partial charge in [0, 0.05) is 18.5 Å². The van der Waals surface area contributed by atoms with E-state index >= 15 is 0 Å². The van der Waals surface area contributed by atoms with Gasteiger partial charge in [-0.15, -0.1) is 0 Å². The number of rotatable bonds is 2. The van der Waals surface area contributed by atoms with Crippen molar-refractivity contribution in [2.45, 2.75) is 0 Å². The Kier molecular flexibility index (Phi) is 2.36. The van der Waals surface area contributed by atoms with E-state index in [1.165, 1.54) is 16.9 Å². The normalized spacial score (nSPS) is 9.69. The van der Waals surface area contributed by atoms with Crippen LogP contribution in [-0.4, -0.2) is 20.7 Å². The van der Waals surface area contributed by atoms with Crippen LogP contribution in [0.3, 0.4) is 0 Å². The van der Waals surface area contributed by atoms with E-state index in [4.69, 9.17) is 11.0 Å². The minimum absolute atomic E-state index is 0.176. The lowest BCUT2D eigenvalue weighted by molar-refractivity contribution is 0.0995. The van der Waals surface area contributed by atoms with Gasteiger partial charge in [-0.3, -0.25) is 4.79 Å². The molecule has 0 aliphatic rings. The third-order valence-electron chi connectivity index (χ3n) is 1.96. The van der Waals surface area contributed by atoms with Gasteiger partial charge in [0.1, 0.15) is 17.5 Å². The highest BCUT2D eigenvalue weighted by Gasteiger charge is 2.06. The van der Waals surface area contributed by atoms with E-state index in [0.29, 0.717) is 5.69 Å². The van der Waals surface area contributed by atoms with Crippen LogP contribution in [0.2, 0.25) is 0 Å². The van der Waals surface area contributed by atoms with Crippen LogP contribution in [-0.2, 0) is 0 Å². The standard InChI is InChI=1S/C10H7N5O/c11-6-7-5-8(1-3-13-7)15-4-2-9(14-15)10(12)16/h1-5H,(H2,12,16). The van der Waals surface area contributed by atoms with E-state index in [-0.39, 0.29) is 11.4 Å². The first-order valence-corrected chi connectivity index (χ1v) is 4.42. The second-order valence-corrected chi connectivity index (χ2v) is 3.02. The van der Waals surface area contributed by atoms with E-state index in [1.54, 1.807) is 18.3 Å². The van der Waals surface area contributed by atoms with Crippen molar-refractivity contribution in [2.75, 3.05) is 0 Å². The molecule has 1 amide bonds. The molecule has 2 N–H and O–H groups in total. The van der Waals surface area contributed by atoms with Gasteiger partial charge in [-0.2, -0.15) is 10.4 Å². The maximum absolute atomic E-state index is 10.9. The van der Waals surface area contributed by atoms with E-state index < -0.39 is 5.91 Å². The van der Waals surface area contributed by atoms with Crippen LogP contribution in [0.1, 0.15) is 16.2 Å². The number of hydrogen-bond donors (Lipinski definition) is 1. The average molecular weight is 213 g/mol. The fourth-order valence-corrected chi connectivity index (χ4v) is 1.22. The summed E-state index contributed by atoms with van der Waals surface area (Å²) in [7, 11) is 0. The summed E-state index contributed by atoms with van der Waals surface area (Å²) in [5.74, 6) is -0.590. The Balaban J connectivity index is 2.43. The maximum atomic E-state index is 10.9. The summed E-state index contributed by atoms with van der Waals surface area (Å²) in [6, 6.07) is 6.68. The van der Waals surface area contributed by atoms with Crippen molar-refractivity contribution in [3.8, 4) is 11.8 Å². The predicted octanol–water partition coefficient (Wildman–Crippen LogP) is 0.238. The summed E-state index contributed by atoms with van der Waals surface area (Å²) in [4.78, 5) is 14.7. The van der Waals surface area contributed by atoms with Gasteiger partial charge in [-0.25, -0.2) is 9.67 Å². The molecule has 0 spiro atoms. The molecule has 0 saturated heterocycles. The fraction of sp³-hybridized carbons (Fsp3) is 0. The van der Waals surface area contributed by atoms with Gasteiger partial charge < -0.3 is 5.73 Å². The monoisotopic (exact) mass is 213 g/mol. The molecule has 2 rings (SSSR count). The van der Waals surface area contributed by atoms with Crippen LogP contribution in [0, 0.1) is 11.3 Å². The van der Waals surface area contributed by atoms with Gasteiger partial charge >= 0.3 is 0 Å². The van der Waals surface area contributed by atoms with Crippen molar-refractivity contribution in [2.24, 2.45) is 5.73 Å². The number of hydrogen-bond acceptors (Lipinski definition) is 4. The summed E-state index contributed by atoms with van der Waals surface area (Å²) in [6.07, 6.45) is 3.09. The van der Waals surface area contributed by atoms with Crippen LogP contribution in [0.4, 0.5) is 0 Å². The number of pyridine rings is 1. The Hall–Kier alpha value is -2.68. The molecule has 0 atom stereocenters. The van der Waals surface area contributed by atoms with Crippen molar-refractivity contribution in [3.63, 3.8) is 0 Å². The molecule has 0 aromatic carbocycles. The predicted molar refractivity (Wildman–Crippen MR) is 54.6 cm³/mol. The average Bonchev–Trinajstić information content (AvgIpc) is 2.78. The summed E-state index contributed by atoms with van der Waals surface area (Å²) >= 11 is 0. The first-order chi connectivity index (χ1) is 7.70. The molecule has 16 heavy (non-hydrogen) atoms. The molecular weight excluding hydrogens is 206 g/mol. The number of nitriles is 1. The molecule has 78 valence electrons. The smallest absolute Gasteiger partial charge is 0.269 e. The highest BCUT2D eigenvalue weighted by Crippen LogP contribution is 2.07. The molecule has 0 radical (unpaired) electrons. The van der Waals surface area contributed by atoms with Crippen LogP contribution >= 0.6 is 0 Å². The molecule has 0 aliphatic heterocycles. The molecule has 2 aromatic rings. The quantitative estimate of drug-likeness (QED) is 0.772. The second-order valence-electron chi connectivity index (χ2n) is 3.02. The molecule has 0 aliphatic carbocycles. The maximum Gasteiger partial charge on any atom is 0.269 e. The minimum Gasteiger partial charge on any atom is -0.364 e. The van der Waals surface area contributed by atoms with E-state index in [2.05, 4.69) is 10.1 Å². The third kappa shape index (κ3) is 1.74. The first kappa shape index (κ1) is 9.86. The summed E-state index contributed by atoms with van der Waals surface area (Å²) < 4.78 is 1.46. The number of carbonyl (C=O) groups excluding carboxylic acids is 1.